The van der Waals surface area contributed by atoms with Crippen molar-refractivity contribution in [3.05, 3.63) is 78.4 Å². The SMILES string of the molecule is CCCCCCCCc1c(S(=O)(=O)O)ccc2nc(-c3ccccc3)c(-c3ccccc3)nc12. The van der Waals surface area contributed by atoms with E-state index in [1.54, 1.807) is 6.07 Å². The highest BCUT2D eigenvalue weighted by Gasteiger charge is 2.21. The maximum Gasteiger partial charge on any atom is 0.294 e. The Balaban J connectivity index is 1.86. The van der Waals surface area contributed by atoms with E-state index in [0.717, 1.165) is 36.1 Å². The summed E-state index contributed by atoms with van der Waals surface area (Å²) >= 11 is 0. The molecule has 0 amide bonds. The van der Waals surface area contributed by atoms with Gasteiger partial charge in [0.25, 0.3) is 10.1 Å². The molecule has 0 atom stereocenters. The lowest BCUT2D eigenvalue weighted by Gasteiger charge is -2.15. The van der Waals surface area contributed by atoms with Gasteiger partial charge in [-0.25, -0.2) is 9.97 Å². The maximum atomic E-state index is 12.2. The van der Waals surface area contributed by atoms with Crippen LogP contribution in [-0.4, -0.2) is 22.9 Å². The monoisotopic (exact) mass is 474 g/mol. The van der Waals surface area contributed by atoms with Gasteiger partial charge < -0.3 is 0 Å². The predicted molar refractivity (Wildman–Crippen MR) is 137 cm³/mol. The molecule has 5 nitrogen and oxygen atoms in total. The number of aromatic nitrogens is 2. The topological polar surface area (TPSA) is 80.2 Å². The molecule has 0 saturated heterocycles. The Morgan fingerprint density at radius 2 is 1.26 bits per heavy atom. The Kier molecular flexibility index (Phi) is 7.70. The van der Waals surface area contributed by atoms with Gasteiger partial charge in [-0.15, -0.1) is 0 Å². The Labute approximate surface area is 201 Å². The number of aryl methyl sites for hydroxylation is 1. The first-order valence-electron chi connectivity index (χ1n) is 11.9. The van der Waals surface area contributed by atoms with Crippen LogP contribution in [0.1, 0.15) is 51.0 Å². The van der Waals surface area contributed by atoms with Gasteiger partial charge in [0.05, 0.1) is 27.3 Å². The van der Waals surface area contributed by atoms with E-state index in [1.165, 1.54) is 25.3 Å². The summed E-state index contributed by atoms with van der Waals surface area (Å²) in [6.45, 7) is 2.18. The number of hydrogen-bond acceptors (Lipinski definition) is 4. The van der Waals surface area contributed by atoms with Crippen LogP contribution < -0.4 is 0 Å². The molecule has 34 heavy (non-hydrogen) atoms. The van der Waals surface area contributed by atoms with E-state index >= 15 is 0 Å². The standard InChI is InChI=1S/C28H30N2O3S/c1-2-3-4-5-6-13-18-23-25(34(31,32)33)20-19-24-28(23)30-27(22-16-11-8-12-17-22)26(29-24)21-14-9-7-10-15-21/h7-12,14-17,19-20H,2-6,13,18H2,1H3,(H,31,32,33). The molecule has 6 heteroatoms. The van der Waals surface area contributed by atoms with Gasteiger partial charge in [0.15, 0.2) is 0 Å². The summed E-state index contributed by atoms with van der Waals surface area (Å²) in [5.74, 6) is 0. The van der Waals surface area contributed by atoms with Crippen molar-refractivity contribution >= 4 is 21.2 Å². The van der Waals surface area contributed by atoms with Gasteiger partial charge >= 0.3 is 0 Å². The summed E-state index contributed by atoms with van der Waals surface area (Å²) in [7, 11) is -4.38. The van der Waals surface area contributed by atoms with Crippen LogP contribution in [0.4, 0.5) is 0 Å². The van der Waals surface area contributed by atoms with Crippen LogP contribution in [0.15, 0.2) is 77.7 Å². The van der Waals surface area contributed by atoms with Gasteiger partial charge in [0.1, 0.15) is 0 Å². The molecule has 1 aromatic heterocycles. The van der Waals surface area contributed by atoms with Crippen molar-refractivity contribution < 1.29 is 13.0 Å². The number of hydrogen-bond donors (Lipinski definition) is 1. The Bertz CT molecular complexity index is 1360. The molecule has 3 aromatic carbocycles. The zero-order chi connectivity index (χ0) is 24.0. The van der Waals surface area contributed by atoms with E-state index in [9.17, 15) is 13.0 Å². The number of benzene rings is 3. The average Bonchev–Trinajstić information content (AvgIpc) is 2.85. The number of fused-ring (bicyclic) bond motifs is 1. The molecule has 0 aliphatic heterocycles. The van der Waals surface area contributed by atoms with Crippen molar-refractivity contribution in [2.45, 2.75) is 56.8 Å². The van der Waals surface area contributed by atoms with Crippen molar-refractivity contribution in [2.75, 3.05) is 0 Å². The van der Waals surface area contributed by atoms with Crippen LogP contribution in [0, 0.1) is 0 Å². The molecule has 0 radical (unpaired) electrons. The summed E-state index contributed by atoms with van der Waals surface area (Å²) in [4.78, 5) is 9.85. The van der Waals surface area contributed by atoms with Crippen LogP contribution in [-0.2, 0) is 16.5 Å². The fourth-order valence-corrected chi connectivity index (χ4v) is 5.07. The minimum absolute atomic E-state index is 0.0747. The third-order valence-corrected chi connectivity index (χ3v) is 6.99. The van der Waals surface area contributed by atoms with Crippen LogP contribution in [0.3, 0.4) is 0 Å². The average molecular weight is 475 g/mol. The summed E-state index contributed by atoms with van der Waals surface area (Å²) in [6, 6.07) is 22.7. The summed E-state index contributed by atoms with van der Waals surface area (Å²) in [6.07, 6.45) is 7.02. The Morgan fingerprint density at radius 3 is 1.85 bits per heavy atom. The smallest absolute Gasteiger partial charge is 0.282 e. The van der Waals surface area contributed by atoms with E-state index in [2.05, 4.69) is 6.92 Å². The lowest BCUT2D eigenvalue weighted by molar-refractivity contribution is 0.482. The molecule has 0 aliphatic rings. The molecule has 0 spiro atoms. The van der Waals surface area contributed by atoms with Crippen LogP contribution in [0.25, 0.3) is 33.5 Å². The quantitative estimate of drug-likeness (QED) is 0.196. The molecule has 0 aliphatic carbocycles. The first-order chi connectivity index (χ1) is 16.5. The van der Waals surface area contributed by atoms with Crippen LogP contribution >= 0.6 is 0 Å². The second-order valence-corrected chi connectivity index (χ2v) is 9.95. The predicted octanol–water partition coefficient (Wildman–Crippen LogP) is 7.11. The van der Waals surface area contributed by atoms with Crippen molar-refractivity contribution in [3.63, 3.8) is 0 Å². The van der Waals surface area contributed by atoms with E-state index in [4.69, 9.17) is 9.97 Å². The second-order valence-electron chi connectivity index (χ2n) is 8.56. The zero-order valence-corrected chi connectivity index (χ0v) is 20.3. The van der Waals surface area contributed by atoms with Gasteiger partial charge in [-0.2, -0.15) is 8.42 Å². The van der Waals surface area contributed by atoms with Crippen LogP contribution in [0.2, 0.25) is 0 Å². The molecular weight excluding hydrogens is 444 g/mol. The highest BCUT2D eigenvalue weighted by Crippen LogP contribution is 2.34. The normalized spacial score (nSPS) is 11.7. The molecule has 1 N–H and O–H groups in total. The summed E-state index contributed by atoms with van der Waals surface area (Å²) in [5, 5.41) is 0. The number of nitrogens with zero attached hydrogens (tertiary/aromatic N) is 2. The highest BCUT2D eigenvalue weighted by atomic mass is 32.2. The lowest BCUT2D eigenvalue weighted by atomic mass is 10.0. The summed E-state index contributed by atoms with van der Waals surface area (Å²) in [5.41, 5.74) is 4.96. The third-order valence-electron chi connectivity index (χ3n) is 6.05. The Hall–Kier alpha value is -3.09. The molecule has 0 fully saturated rings. The molecule has 0 unspecified atom stereocenters. The first-order valence-corrected chi connectivity index (χ1v) is 13.3. The highest BCUT2D eigenvalue weighted by molar-refractivity contribution is 7.85. The minimum atomic E-state index is -4.38. The minimum Gasteiger partial charge on any atom is -0.282 e. The van der Waals surface area contributed by atoms with Gasteiger partial charge in [0.2, 0.25) is 0 Å². The van der Waals surface area contributed by atoms with Gasteiger partial charge in [-0.1, -0.05) is 99.7 Å². The van der Waals surface area contributed by atoms with E-state index in [-0.39, 0.29) is 4.90 Å². The molecule has 4 aromatic rings. The van der Waals surface area contributed by atoms with Crippen molar-refractivity contribution in [3.8, 4) is 22.5 Å². The molecule has 4 rings (SSSR count). The maximum absolute atomic E-state index is 12.2. The number of rotatable bonds is 10. The fraction of sp³-hybridized carbons (Fsp3) is 0.286. The fourth-order valence-electron chi connectivity index (χ4n) is 4.32. The largest absolute Gasteiger partial charge is 0.294 e. The second kappa shape index (κ2) is 10.9. The third kappa shape index (κ3) is 5.51. The van der Waals surface area contributed by atoms with E-state index < -0.39 is 10.1 Å². The molecule has 176 valence electrons. The first kappa shape index (κ1) is 24.0. The summed E-state index contributed by atoms with van der Waals surface area (Å²) < 4.78 is 34.4. The number of unbranched alkanes of at least 4 members (excludes halogenated alkanes) is 5. The molecular formula is C28H30N2O3S. The van der Waals surface area contributed by atoms with E-state index in [1.807, 2.05) is 60.7 Å². The molecule has 0 saturated carbocycles. The van der Waals surface area contributed by atoms with Crippen LogP contribution in [0.5, 0.6) is 0 Å². The Morgan fingerprint density at radius 1 is 0.706 bits per heavy atom. The van der Waals surface area contributed by atoms with Gasteiger partial charge in [-0.05, 0) is 25.0 Å². The zero-order valence-electron chi connectivity index (χ0n) is 19.4. The van der Waals surface area contributed by atoms with Crippen molar-refractivity contribution in [2.24, 2.45) is 0 Å². The van der Waals surface area contributed by atoms with Crippen molar-refractivity contribution in [1.82, 2.24) is 9.97 Å². The van der Waals surface area contributed by atoms with E-state index in [0.29, 0.717) is 28.7 Å². The lowest BCUT2D eigenvalue weighted by Crippen LogP contribution is -2.07. The van der Waals surface area contributed by atoms with Crippen molar-refractivity contribution in [1.29, 1.82) is 0 Å². The van der Waals surface area contributed by atoms with Gasteiger partial charge in [-0.3, -0.25) is 4.55 Å². The molecule has 0 bridgehead atoms. The van der Waals surface area contributed by atoms with Gasteiger partial charge in [0, 0.05) is 16.7 Å². The molecule has 1 heterocycles.